The van der Waals surface area contributed by atoms with Crippen LogP contribution in [0.25, 0.3) is 0 Å². The van der Waals surface area contributed by atoms with Crippen LogP contribution in [0.5, 0.6) is 0 Å². The van der Waals surface area contributed by atoms with Crippen molar-refractivity contribution in [1.82, 2.24) is 20.4 Å². The third-order valence-corrected chi connectivity index (χ3v) is 5.09. The van der Waals surface area contributed by atoms with Gasteiger partial charge in [0.1, 0.15) is 5.82 Å². The van der Waals surface area contributed by atoms with Gasteiger partial charge in [-0.3, -0.25) is 10.0 Å². The van der Waals surface area contributed by atoms with E-state index in [2.05, 4.69) is 37.7 Å². The second-order valence-corrected chi connectivity index (χ2v) is 7.18. The topological polar surface area (TPSA) is 94.5 Å². The maximum atomic E-state index is 11.4. The zero-order chi connectivity index (χ0) is 18.1. The van der Waals surface area contributed by atoms with Gasteiger partial charge < -0.3 is 9.80 Å². The lowest BCUT2D eigenvalue weighted by Crippen LogP contribution is -2.53. The molecule has 0 radical (unpaired) electrons. The van der Waals surface area contributed by atoms with Crippen LogP contribution in [-0.2, 0) is 0 Å². The molecule has 8 nitrogen and oxygen atoms in total. The van der Waals surface area contributed by atoms with Crippen molar-refractivity contribution in [3.05, 3.63) is 41.9 Å². The number of hydroxylamine groups is 1. The Morgan fingerprint density at radius 2 is 1.77 bits per heavy atom. The molecule has 4 heterocycles. The fourth-order valence-electron chi connectivity index (χ4n) is 3.99. The van der Waals surface area contributed by atoms with Gasteiger partial charge in [-0.1, -0.05) is 0 Å². The Hall–Kier alpha value is -2.74. The summed E-state index contributed by atoms with van der Waals surface area (Å²) in [5.41, 5.74) is 3.06. The van der Waals surface area contributed by atoms with Crippen molar-refractivity contribution >= 4 is 17.7 Å². The van der Waals surface area contributed by atoms with Crippen LogP contribution >= 0.6 is 0 Å². The highest BCUT2D eigenvalue weighted by atomic mass is 16.5. The molecule has 0 aliphatic carbocycles. The highest BCUT2D eigenvalue weighted by Crippen LogP contribution is 2.32. The summed E-state index contributed by atoms with van der Waals surface area (Å²) in [4.78, 5) is 29.1. The number of fused-ring (bicyclic) bond motifs is 2. The van der Waals surface area contributed by atoms with E-state index in [-0.39, 0.29) is 5.56 Å². The molecule has 2 aromatic rings. The van der Waals surface area contributed by atoms with Crippen molar-refractivity contribution in [2.45, 2.75) is 13.3 Å². The molecule has 136 valence electrons. The number of rotatable bonds is 3. The number of amides is 1. The van der Waals surface area contributed by atoms with Crippen molar-refractivity contribution < 1.29 is 10.0 Å². The van der Waals surface area contributed by atoms with Gasteiger partial charge >= 0.3 is 0 Å². The fraction of sp³-hybridized carbons (Fsp3) is 0.444. The van der Waals surface area contributed by atoms with E-state index in [0.717, 1.165) is 32.0 Å². The van der Waals surface area contributed by atoms with Crippen molar-refractivity contribution in [3.8, 4) is 0 Å². The number of aromatic nitrogens is 3. The fourth-order valence-corrected chi connectivity index (χ4v) is 3.99. The first-order chi connectivity index (χ1) is 12.6. The Bertz CT molecular complexity index is 783. The minimum absolute atomic E-state index is 0.241. The number of hydrogen-bond donors (Lipinski definition) is 2. The van der Waals surface area contributed by atoms with Crippen molar-refractivity contribution in [2.24, 2.45) is 11.8 Å². The third kappa shape index (κ3) is 3.32. The van der Waals surface area contributed by atoms with Crippen LogP contribution in [-0.4, -0.2) is 52.2 Å². The first kappa shape index (κ1) is 16.7. The summed E-state index contributed by atoms with van der Waals surface area (Å²) in [6, 6.07) is 4.17. The zero-order valence-corrected chi connectivity index (χ0v) is 14.7. The molecule has 2 aromatic heterocycles. The van der Waals surface area contributed by atoms with E-state index in [4.69, 9.17) is 5.21 Å². The standard InChI is InChI=1S/C18H22N6O2/c1-12-2-3-19-16(4-12)23-8-13-5-14(9-23)11-24(10-13)18-20-6-15(7-21-18)17(25)22-26/h2-4,6-7,13-14,26H,5,8-11H2,1H3,(H,22,25). The monoisotopic (exact) mass is 354 g/mol. The maximum Gasteiger partial charge on any atom is 0.277 e. The molecule has 2 aliphatic heterocycles. The number of nitrogens with zero attached hydrogens (tertiary/aromatic N) is 5. The number of pyridine rings is 1. The second kappa shape index (κ2) is 6.87. The molecule has 2 N–H and O–H groups in total. The largest absolute Gasteiger partial charge is 0.356 e. The zero-order valence-electron chi connectivity index (χ0n) is 14.7. The summed E-state index contributed by atoms with van der Waals surface area (Å²) in [6.45, 7) is 5.84. The highest BCUT2D eigenvalue weighted by molar-refractivity contribution is 5.92. The SMILES string of the molecule is Cc1ccnc(N2CC3CC(C2)CN(c2ncc(C(=O)NO)cn2)C3)c1. The molecule has 0 aromatic carbocycles. The second-order valence-electron chi connectivity index (χ2n) is 7.18. The first-order valence-corrected chi connectivity index (χ1v) is 8.81. The summed E-state index contributed by atoms with van der Waals surface area (Å²) in [5.74, 6) is 2.16. The quantitative estimate of drug-likeness (QED) is 0.633. The molecule has 4 rings (SSSR count). The summed E-state index contributed by atoms with van der Waals surface area (Å²) in [5, 5.41) is 8.68. The van der Waals surface area contributed by atoms with E-state index in [1.54, 1.807) is 5.48 Å². The summed E-state index contributed by atoms with van der Waals surface area (Å²) >= 11 is 0. The van der Waals surface area contributed by atoms with Crippen LogP contribution in [0.2, 0.25) is 0 Å². The molecule has 26 heavy (non-hydrogen) atoms. The van der Waals surface area contributed by atoms with Gasteiger partial charge in [0.05, 0.1) is 5.56 Å². The highest BCUT2D eigenvalue weighted by Gasteiger charge is 2.35. The van der Waals surface area contributed by atoms with Gasteiger partial charge in [0, 0.05) is 44.8 Å². The Labute approximate surface area is 151 Å². The van der Waals surface area contributed by atoms with Gasteiger partial charge in [0.25, 0.3) is 5.91 Å². The lowest BCUT2D eigenvalue weighted by atomic mass is 9.85. The number of hydrogen-bond acceptors (Lipinski definition) is 7. The van der Waals surface area contributed by atoms with E-state index in [1.165, 1.54) is 24.4 Å². The first-order valence-electron chi connectivity index (χ1n) is 8.81. The minimum atomic E-state index is -0.603. The number of nitrogens with one attached hydrogen (secondary N) is 1. The number of carbonyl (C=O) groups excluding carboxylic acids is 1. The Kier molecular flexibility index (Phi) is 4.42. The number of aryl methyl sites for hydroxylation is 1. The van der Waals surface area contributed by atoms with Gasteiger partial charge in [-0.2, -0.15) is 0 Å². The molecule has 2 aliphatic rings. The summed E-state index contributed by atoms with van der Waals surface area (Å²) in [7, 11) is 0. The van der Waals surface area contributed by atoms with Crippen LogP contribution in [0.15, 0.2) is 30.7 Å². The molecule has 0 spiro atoms. The van der Waals surface area contributed by atoms with E-state index in [1.807, 2.05) is 12.3 Å². The molecule has 2 bridgehead atoms. The van der Waals surface area contributed by atoms with Gasteiger partial charge in [0.2, 0.25) is 5.95 Å². The minimum Gasteiger partial charge on any atom is -0.356 e. The lowest BCUT2D eigenvalue weighted by molar-refractivity contribution is 0.0705. The molecule has 0 saturated carbocycles. The molecule has 2 fully saturated rings. The number of anilines is 2. The van der Waals surface area contributed by atoms with Crippen LogP contribution in [0.4, 0.5) is 11.8 Å². The Morgan fingerprint density at radius 1 is 1.12 bits per heavy atom. The lowest BCUT2D eigenvalue weighted by Gasteiger charge is -2.46. The Morgan fingerprint density at radius 3 is 2.38 bits per heavy atom. The maximum absolute atomic E-state index is 11.4. The normalized spacial score (nSPS) is 22.2. The molecular formula is C18H22N6O2. The third-order valence-electron chi connectivity index (χ3n) is 5.09. The molecule has 2 unspecified atom stereocenters. The van der Waals surface area contributed by atoms with Gasteiger partial charge in [0.15, 0.2) is 0 Å². The van der Waals surface area contributed by atoms with Crippen molar-refractivity contribution in [1.29, 1.82) is 0 Å². The van der Waals surface area contributed by atoms with Crippen molar-refractivity contribution in [3.63, 3.8) is 0 Å². The molecule has 2 atom stereocenters. The molecule has 8 heteroatoms. The van der Waals surface area contributed by atoms with Gasteiger partial charge in [-0.05, 0) is 42.9 Å². The Balaban J connectivity index is 1.46. The summed E-state index contributed by atoms with van der Waals surface area (Å²) in [6.07, 6.45) is 5.98. The van der Waals surface area contributed by atoms with E-state index < -0.39 is 5.91 Å². The van der Waals surface area contributed by atoms with E-state index in [9.17, 15) is 4.79 Å². The molecule has 1 amide bonds. The smallest absolute Gasteiger partial charge is 0.277 e. The predicted octanol–water partition coefficient (Wildman–Crippen LogP) is 1.26. The van der Waals surface area contributed by atoms with E-state index >= 15 is 0 Å². The van der Waals surface area contributed by atoms with Crippen LogP contribution < -0.4 is 15.3 Å². The van der Waals surface area contributed by atoms with Crippen LogP contribution in [0, 0.1) is 18.8 Å². The van der Waals surface area contributed by atoms with Gasteiger partial charge in [-0.25, -0.2) is 20.4 Å². The van der Waals surface area contributed by atoms with Gasteiger partial charge in [-0.15, -0.1) is 0 Å². The predicted molar refractivity (Wildman–Crippen MR) is 96.3 cm³/mol. The van der Waals surface area contributed by atoms with Crippen molar-refractivity contribution in [2.75, 3.05) is 36.0 Å². The summed E-state index contributed by atoms with van der Waals surface area (Å²) < 4.78 is 0. The number of piperidine rings is 2. The molecular weight excluding hydrogens is 332 g/mol. The molecule has 2 saturated heterocycles. The van der Waals surface area contributed by atoms with Crippen LogP contribution in [0.1, 0.15) is 22.3 Å². The van der Waals surface area contributed by atoms with Crippen LogP contribution in [0.3, 0.4) is 0 Å². The number of carbonyl (C=O) groups is 1. The van der Waals surface area contributed by atoms with E-state index in [0.29, 0.717) is 17.8 Å². The average Bonchev–Trinajstić information content (AvgIpc) is 2.66. The average molecular weight is 354 g/mol.